The van der Waals surface area contributed by atoms with E-state index < -0.39 is 12.1 Å². The molecule has 0 radical (unpaired) electrons. The van der Waals surface area contributed by atoms with Crippen molar-refractivity contribution >= 4 is 17.8 Å². The smallest absolute Gasteiger partial charge is 0.321 e. The van der Waals surface area contributed by atoms with Crippen molar-refractivity contribution in [2.45, 2.75) is 77.4 Å². The van der Waals surface area contributed by atoms with Crippen LogP contribution in [0, 0.1) is 0 Å². The molecule has 2 atom stereocenters. The van der Waals surface area contributed by atoms with Crippen LogP contribution in [0.15, 0.2) is 0 Å². The number of hydrogen-bond donors (Lipinski definition) is 4. The van der Waals surface area contributed by atoms with Crippen LogP contribution in [-0.2, 0) is 9.59 Å². The number of carbonyl (C=O) groups is 3. The first-order valence-electron chi connectivity index (χ1n) is 8.83. The normalized spacial score (nSPS) is 18.4. The fourth-order valence-corrected chi connectivity index (χ4v) is 2.78. The van der Waals surface area contributed by atoms with Gasteiger partial charge < -0.3 is 15.5 Å². The number of urea groups is 1. The number of rotatable bonds is 5. The summed E-state index contributed by atoms with van der Waals surface area (Å²) in [6.45, 7) is 7.61. The molecule has 0 aromatic rings. The largest absolute Gasteiger partial charge is 0.347 e. The molecule has 0 heterocycles. The Morgan fingerprint density at radius 2 is 1.71 bits per heavy atom. The average Bonchev–Trinajstić information content (AvgIpc) is 2.45. The van der Waals surface area contributed by atoms with Gasteiger partial charge in [-0.2, -0.15) is 0 Å². The molecule has 0 saturated heterocycles. The summed E-state index contributed by atoms with van der Waals surface area (Å²) in [6.07, 6.45) is 5.38. The van der Waals surface area contributed by atoms with Crippen LogP contribution < -0.4 is 20.9 Å². The highest BCUT2D eigenvalue weighted by Gasteiger charge is 2.27. The molecule has 1 unspecified atom stereocenters. The second-order valence-electron chi connectivity index (χ2n) is 7.84. The van der Waals surface area contributed by atoms with Crippen molar-refractivity contribution in [3.63, 3.8) is 0 Å². The van der Waals surface area contributed by atoms with E-state index in [0.29, 0.717) is 0 Å². The minimum Gasteiger partial charge on any atom is -0.347 e. The van der Waals surface area contributed by atoms with E-state index >= 15 is 0 Å². The fraction of sp³-hybridized carbons (Fsp3) is 0.824. The summed E-state index contributed by atoms with van der Waals surface area (Å²) in [4.78, 5) is 36.8. The maximum Gasteiger partial charge on any atom is 0.321 e. The Labute approximate surface area is 144 Å². The van der Waals surface area contributed by atoms with E-state index in [-0.39, 0.29) is 29.9 Å². The van der Waals surface area contributed by atoms with Gasteiger partial charge in [-0.15, -0.1) is 0 Å². The van der Waals surface area contributed by atoms with Crippen LogP contribution in [0.4, 0.5) is 4.79 Å². The fourth-order valence-electron chi connectivity index (χ4n) is 2.78. The molecule has 7 heteroatoms. The van der Waals surface area contributed by atoms with E-state index in [0.717, 1.165) is 30.6 Å². The second-order valence-corrected chi connectivity index (χ2v) is 7.84. The Morgan fingerprint density at radius 1 is 1.12 bits per heavy atom. The number of carbonyl (C=O) groups excluding carboxylic acids is 3. The van der Waals surface area contributed by atoms with Gasteiger partial charge in [0.2, 0.25) is 0 Å². The number of amides is 4. The first-order chi connectivity index (χ1) is 11.1. The molecule has 0 spiro atoms. The van der Waals surface area contributed by atoms with Crippen LogP contribution >= 0.6 is 0 Å². The summed E-state index contributed by atoms with van der Waals surface area (Å²) in [7, 11) is 1.77. The molecular weight excluding hydrogens is 308 g/mol. The summed E-state index contributed by atoms with van der Waals surface area (Å²) >= 11 is 0. The van der Waals surface area contributed by atoms with Crippen LogP contribution in [0.2, 0.25) is 0 Å². The Kier molecular flexibility index (Phi) is 7.66. The summed E-state index contributed by atoms with van der Waals surface area (Å²) in [5, 5.41) is 8.11. The van der Waals surface area contributed by atoms with Gasteiger partial charge in [0.25, 0.3) is 11.8 Å². The number of imide groups is 1. The second kappa shape index (κ2) is 9.01. The molecule has 1 aliphatic rings. The molecule has 1 rings (SSSR count). The highest BCUT2D eigenvalue weighted by Crippen LogP contribution is 2.17. The first-order valence-corrected chi connectivity index (χ1v) is 8.83. The predicted molar refractivity (Wildman–Crippen MR) is 92.7 cm³/mol. The SMILES string of the molecule is C[C@H](C(=O)NC(=O)NC1CCCCC1)[NH+](C)CC(=O)NC(C)(C)C. The molecule has 0 aliphatic heterocycles. The highest BCUT2D eigenvalue weighted by molar-refractivity contribution is 5.96. The van der Waals surface area contributed by atoms with Crippen molar-refractivity contribution in [3.05, 3.63) is 0 Å². The van der Waals surface area contributed by atoms with E-state index in [1.54, 1.807) is 14.0 Å². The zero-order chi connectivity index (χ0) is 18.3. The highest BCUT2D eigenvalue weighted by atomic mass is 16.2. The Hall–Kier alpha value is -1.63. The molecule has 1 fully saturated rings. The Bertz CT molecular complexity index is 453. The van der Waals surface area contributed by atoms with Gasteiger partial charge >= 0.3 is 6.03 Å². The average molecular weight is 341 g/mol. The van der Waals surface area contributed by atoms with Gasteiger partial charge in [0.15, 0.2) is 12.6 Å². The third-order valence-corrected chi connectivity index (χ3v) is 4.26. The molecule has 24 heavy (non-hydrogen) atoms. The quantitative estimate of drug-likeness (QED) is 0.566. The standard InChI is InChI=1S/C17H32N4O3/c1-12(21(5)11-14(22)20-17(2,3)4)15(23)19-16(24)18-13-9-7-6-8-10-13/h12-13H,6-11H2,1-5H3,(H,20,22)(H2,18,19,23,24)/p+1/t12-/m1/s1. The predicted octanol–water partition coefficient (Wildman–Crippen LogP) is -0.0372. The zero-order valence-corrected chi connectivity index (χ0v) is 15.6. The topological polar surface area (TPSA) is 91.7 Å². The van der Waals surface area contributed by atoms with Crippen LogP contribution in [0.25, 0.3) is 0 Å². The Morgan fingerprint density at radius 3 is 2.25 bits per heavy atom. The van der Waals surface area contributed by atoms with Crippen molar-refractivity contribution in [2.24, 2.45) is 0 Å². The molecule has 7 nitrogen and oxygen atoms in total. The van der Waals surface area contributed by atoms with Gasteiger partial charge in [0.05, 0.1) is 7.05 Å². The lowest BCUT2D eigenvalue weighted by Gasteiger charge is -2.25. The van der Waals surface area contributed by atoms with Crippen molar-refractivity contribution in [1.82, 2.24) is 16.0 Å². The lowest BCUT2D eigenvalue weighted by atomic mass is 9.96. The summed E-state index contributed by atoms with van der Waals surface area (Å²) < 4.78 is 0. The lowest BCUT2D eigenvalue weighted by Crippen LogP contribution is -3.15. The van der Waals surface area contributed by atoms with Gasteiger partial charge in [-0.1, -0.05) is 19.3 Å². The molecule has 4 N–H and O–H groups in total. The number of likely N-dealkylation sites (N-methyl/N-ethyl adjacent to an activating group) is 1. The van der Waals surface area contributed by atoms with Crippen molar-refractivity contribution in [1.29, 1.82) is 0 Å². The Balaban J connectivity index is 2.39. The number of hydrogen-bond acceptors (Lipinski definition) is 3. The summed E-state index contributed by atoms with van der Waals surface area (Å²) in [5.41, 5.74) is -0.303. The molecular formula is C17H33N4O3+. The minimum atomic E-state index is -0.493. The number of nitrogens with one attached hydrogen (secondary N) is 4. The molecule has 1 aliphatic carbocycles. The zero-order valence-electron chi connectivity index (χ0n) is 15.6. The molecule has 0 bridgehead atoms. The third kappa shape index (κ3) is 7.77. The minimum absolute atomic E-state index is 0.119. The molecule has 0 aromatic carbocycles. The van der Waals surface area contributed by atoms with Gasteiger partial charge in [0.1, 0.15) is 0 Å². The molecule has 138 valence electrons. The van der Waals surface area contributed by atoms with Crippen molar-refractivity contribution in [3.8, 4) is 0 Å². The van der Waals surface area contributed by atoms with E-state index in [1.165, 1.54) is 6.42 Å². The van der Waals surface area contributed by atoms with Crippen LogP contribution in [0.1, 0.15) is 59.8 Å². The summed E-state index contributed by atoms with van der Waals surface area (Å²) in [6, 6.07) is -0.775. The van der Waals surface area contributed by atoms with Crippen LogP contribution in [-0.4, -0.2) is 49.1 Å². The monoisotopic (exact) mass is 341 g/mol. The third-order valence-electron chi connectivity index (χ3n) is 4.26. The van der Waals surface area contributed by atoms with E-state index in [2.05, 4.69) is 16.0 Å². The van der Waals surface area contributed by atoms with E-state index in [9.17, 15) is 14.4 Å². The molecule has 4 amide bonds. The summed E-state index contributed by atoms with van der Waals surface area (Å²) in [5.74, 6) is -0.490. The maximum absolute atomic E-state index is 12.2. The first kappa shape index (κ1) is 20.4. The van der Waals surface area contributed by atoms with Gasteiger partial charge in [-0.25, -0.2) is 4.79 Å². The van der Waals surface area contributed by atoms with Crippen LogP contribution in [0.3, 0.4) is 0 Å². The van der Waals surface area contributed by atoms with Crippen LogP contribution in [0.5, 0.6) is 0 Å². The molecule has 1 saturated carbocycles. The van der Waals surface area contributed by atoms with E-state index in [1.807, 2.05) is 20.8 Å². The van der Waals surface area contributed by atoms with E-state index in [4.69, 9.17) is 0 Å². The van der Waals surface area contributed by atoms with Gasteiger partial charge in [0, 0.05) is 11.6 Å². The van der Waals surface area contributed by atoms with Crippen molar-refractivity contribution < 1.29 is 19.3 Å². The maximum atomic E-state index is 12.2. The lowest BCUT2D eigenvalue weighted by molar-refractivity contribution is -0.886. The number of quaternary nitrogens is 1. The van der Waals surface area contributed by atoms with Gasteiger partial charge in [-0.05, 0) is 40.5 Å². The van der Waals surface area contributed by atoms with Gasteiger partial charge in [-0.3, -0.25) is 14.9 Å². The van der Waals surface area contributed by atoms with Crippen molar-refractivity contribution in [2.75, 3.05) is 13.6 Å². The molecule has 0 aromatic heterocycles.